The molecule has 8 nitrogen and oxygen atoms in total. The molecule has 1 aliphatic rings. The molecule has 3 heterocycles. The molecule has 1 N–H and O–H groups in total. The van der Waals surface area contributed by atoms with Crippen LogP contribution in [0, 0.1) is 6.92 Å². The summed E-state index contributed by atoms with van der Waals surface area (Å²) in [5, 5.41) is 7.48. The zero-order valence-electron chi connectivity index (χ0n) is 16.7. The van der Waals surface area contributed by atoms with Crippen molar-refractivity contribution in [2.45, 2.75) is 19.3 Å². The maximum Gasteiger partial charge on any atom is 0.259 e. The van der Waals surface area contributed by atoms with E-state index in [-0.39, 0.29) is 17.7 Å². The molecule has 9 heteroatoms. The number of halogens is 1. The summed E-state index contributed by atoms with van der Waals surface area (Å²) < 4.78 is 1.61. The first kappa shape index (κ1) is 20.0. The normalized spacial score (nSPS) is 16.0. The minimum Gasteiger partial charge on any atom is -0.338 e. The highest BCUT2D eigenvalue weighted by atomic mass is 35.5. The van der Waals surface area contributed by atoms with Gasteiger partial charge in [-0.3, -0.25) is 14.3 Å². The predicted octanol–water partition coefficient (Wildman–Crippen LogP) is 3.05. The topological polar surface area (TPSA) is 93.0 Å². The van der Waals surface area contributed by atoms with Crippen LogP contribution in [0.15, 0.2) is 42.9 Å². The van der Waals surface area contributed by atoms with Crippen molar-refractivity contribution in [3.63, 3.8) is 0 Å². The van der Waals surface area contributed by atoms with Crippen molar-refractivity contribution in [2.24, 2.45) is 7.05 Å². The minimum absolute atomic E-state index is 0.0395. The third-order valence-corrected chi connectivity index (χ3v) is 5.39. The first-order valence-corrected chi connectivity index (χ1v) is 9.97. The van der Waals surface area contributed by atoms with Crippen LogP contribution in [0.25, 0.3) is 0 Å². The molecule has 2 amide bonds. The molecule has 30 heavy (non-hydrogen) atoms. The molecule has 2 aromatic heterocycles. The number of aryl methyl sites for hydroxylation is 2. The average Bonchev–Trinajstić information content (AvgIpc) is 3.38. The van der Waals surface area contributed by atoms with Crippen molar-refractivity contribution in [1.29, 1.82) is 0 Å². The standard InChI is InChI=1S/C21H21ClN6O2/c1-13-18(20(29)26-17-5-3-16(22)4-6-17)10-23-19(25-13)14-7-8-28(12-14)21(30)15-9-24-27(2)11-15/h3-6,9-11,14H,7-8,12H2,1-2H3,(H,26,29). The number of carbonyl (C=O) groups is 2. The third-order valence-electron chi connectivity index (χ3n) is 5.14. The molecule has 4 rings (SSSR count). The number of hydrogen-bond acceptors (Lipinski definition) is 5. The molecular formula is C21H21ClN6O2. The molecule has 1 aromatic carbocycles. The Morgan fingerprint density at radius 1 is 1.20 bits per heavy atom. The van der Waals surface area contributed by atoms with Gasteiger partial charge in [-0.05, 0) is 37.6 Å². The van der Waals surface area contributed by atoms with E-state index in [9.17, 15) is 9.59 Å². The number of rotatable bonds is 4. The molecule has 0 saturated carbocycles. The molecule has 0 spiro atoms. The first-order valence-electron chi connectivity index (χ1n) is 9.59. The largest absolute Gasteiger partial charge is 0.338 e. The monoisotopic (exact) mass is 424 g/mol. The Balaban J connectivity index is 1.43. The second-order valence-electron chi connectivity index (χ2n) is 7.33. The Labute approximate surface area is 178 Å². The summed E-state index contributed by atoms with van der Waals surface area (Å²) in [6.07, 6.45) is 5.62. The SMILES string of the molecule is Cc1nc(C2CCN(C(=O)c3cnn(C)c3)C2)ncc1C(=O)Nc1ccc(Cl)cc1. The van der Waals surface area contributed by atoms with Crippen molar-refractivity contribution >= 4 is 29.1 Å². The van der Waals surface area contributed by atoms with Crippen molar-refractivity contribution in [3.8, 4) is 0 Å². The van der Waals surface area contributed by atoms with Gasteiger partial charge in [0.25, 0.3) is 11.8 Å². The molecule has 1 fully saturated rings. The molecule has 154 valence electrons. The van der Waals surface area contributed by atoms with Gasteiger partial charge in [0.1, 0.15) is 5.82 Å². The van der Waals surface area contributed by atoms with E-state index in [0.29, 0.717) is 46.4 Å². The molecule has 1 unspecified atom stereocenters. The van der Waals surface area contributed by atoms with E-state index in [0.717, 1.165) is 6.42 Å². The number of aromatic nitrogens is 4. The van der Waals surface area contributed by atoms with Gasteiger partial charge < -0.3 is 10.2 Å². The quantitative estimate of drug-likeness (QED) is 0.694. The molecule has 3 aromatic rings. The molecule has 0 bridgehead atoms. The average molecular weight is 425 g/mol. The van der Waals surface area contributed by atoms with E-state index in [1.54, 1.807) is 66.4 Å². The highest BCUT2D eigenvalue weighted by Crippen LogP contribution is 2.26. The van der Waals surface area contributed by atoms with E-state index in [2.05, 4.69) is 20.4 Å². The van der Waals surface area contributed by atoms with Crippen LogP contribution in [-0.2, 0) is 7.05 Å². The van der Waals surface area contributed by atoms with Gasteiger partial charge in [-0.2, -0.15) is 5.10 Å². The van der Waals surface area contributed by atoms with Crippen molar-refractivity contribution in [1.82, 2.24) is 24.6 Å². The second kappa shape index (κ2) is 8.23. The van der Waals surface area contributed by atoms with Gasteiger partial charge in [0.05, 0.1) is 23.0 Å². The fraction of sp³-hybridized carbons (Fsp3) is 0.286. The molecule has 0 radical (unpaired) electrons. The second-order valence-corrected chi connectivity index (χ2v) is 7.76. The number of hydrogen-bond donors (Lipinski definition) is 1. The van der Waals surface area contributed by atoms with Crippen LogP contribution in [-0.4, -0.2) is 49.6 Å². The van der Waals surface area contributed by atoms with Gasteiger partial charge in [0.2, 0.25) is 0 Å². The molecule has 0 aliphatic carbocycles. The zero-order chi connectivity index (χ0) is 21.3. The third kappa shape index (κ3) is 4.18. The van der Waals surface area contributed by atoms with Crippen molar-refractivity contribution in [3.05, 3.63) is 70.5 Å². The Hall–Kier alpha value is -3.26. The van der Waals surface area contributed by atoms with Crippen LogP contribution >= 0.6 is 11.6 Å². The maximum atomic E-state index is 12.6. The number of anilines is 1. The number of amides is 2. The van der Waals surface area contributed by atoms with Crippen molar-refractivity contribution < 1.29 is 9.59 Å². The van der Waals surface area contributed by atoms with Crippen LogP contribution < -0.4 is 5.32 Å². The fourth-order valence-electron chi connectivity index (χ4n) is 3.51. The number of benzene rings is 1. The van der Waals surface area contributed by atoms with Crippen molar-refractivity contribution in [2.75, 3.05) is 18.4 Å². The number of nitrogens with one attached hydrogen (secondary N) is 1. The van der Waals surface area contributed by atoms with Crippen LogP contribution in [0.1, 0.15) is 44.6 Å². The van der Waals surface area contributed by atoms with Gasteiger partial charge in [-0.25, -0.2) is 9.97 Å². The van der Waals surface area contributed by atoms with Crippen LogP contribution in [0.4, 0.5) is 5.69 Å². The van der Waals surface area contributed by atoms with Crippen LogP contribution in [0.2, 0.25) is 5.02 Å². The van der Waals surface area contributed by atoms with E-state index in [1.165, 1.54) is 0 Å². The molecule has 1 atom stereocenters. The lowest BCUT2D eigenvalue weighted by molar-refractivity contribution is 0.0790. The lowest BCUT2D eigenvalue weighted by atomic mass is 10.1. The Bertz CT molecular complexity index is 1100. The van der Waals surface area contributed by atoms with Gasteiger partial charge in [-0.1, -0.05) is 11.6 Å². The maximum absolute atomic E-state index is 12.6. The summed E-state index contributed by atoms with van der Waals surface area (Å²) in [5.41, 5.74) is 2.23. The lowest BCUT2D eigenvalue weighted by Gasteiger charge is -2.15. The summed E-state index contributed by atoms with van der Waals surface area (Å²) in [6.45, 7) is 2.97. The number of carbonyl (C=O) groups excluding carboxylic acids is 2. The van der Waals surface area contributed by atoms with E-state index < -0.39 is 0 Å². The summed E-state index contributed by atoms with van der Waals surface area (Å²) in [7, 11) is 1.78. The Morgan fingerprint density at radius 3 is 2.63 bits per heavy atom. The Kier molecular flexibility index (Phi) is 5.50. The smallest absolute Gasteiger partial charge is 0.259 e. The van der Waals surface area contributed by atoms with E-state index >= 15 is 0 Å². The summed E-state index contributed by atoms with van der Waals surface area (Å²) >= 11 is 5.87. The van der Waals surface area contributed by atoms with Gasteiger partial charge in [0.15, 0.2) is 0 Å². The molecule has 1 aliphatic heterocycles. The minimum atomic E-state index is -0.277. The first-order chi connectivity index (χ1) is 14.4. The number of nitrogens with zero attached hydrogens (tertiary/aromatic N) is 5. The highest BCUT2D eigenvalue weighted by molar-refractivity contribution is 6.30. The highest BCUT2D eigenvalue weighted by Gasteiger charge is 2.30. The number of likely N-dealkylation sites (tertiary alicyclic amines) is 1. The van der Waals surface area contributed by atoms with Crippen LogP contribution in [0.5, 0.6) is 0 Å². The van der Waals surface area contributed by atoms with Gasteiger partial charge in [-0.15, -0.1) is 0 Å². The molecular weight excluding hydrogens is 404 g/mol. The van der Waals surface area contributed by atoms with Gasteiger partial charge >= 0.3 is 0 Å². The van der Waals surface area contributed by atoms with Gasteiger partial charge in [0, 0.05) is 49.2 Å². The Morgan fingerprint density at radius 2 is 1.97 bits per heavy atom. The predicted molar refractivity (Wildman–Crippen MR) is 113 cm³/mol. The lowest BCUT2D eigenvalue weighted by Crippen LogP contribution is -2.28. The summed E-state index contributed by atoms with van der Waals surface area (Å²) in [6, 6.07) is 6.89. The summed E-state index contributed by atoms with van der Waals surface area (Å²) in [5.74, 6) is 0.372. The summed E-state index contributed by atoms with van der Waals surface area (Å²) in [4.78, 5) is 36.0. The molecule has 1 saturated heterocycles. The van der Waals surface area contributed by atoms with Crippen LogP contribution in [0.3, 0.4) is 0 Å². The van der Waals surface area contributed by atoms with E-state index in [1.807, 2.05) is 0 Å². The van der Waals surface area contributed by atoms with E-state index in [4.69, 9.17) is 11.6 Å². The fourth-order valence-corrected chi connectivity index (χ4v) is 3.63. The zero-order valence-corrected chi connectivity index (χ0v) is 17.4.